The van der Waals surface area contributed by atoms with Crippen molar-refractivity contribution in [3.8, 4) is 12.3 Å². The second kappa shape index (κ2) is 13.5. The predicted octanol–water partition coefficient (Wildman–Crippen LogP) is 5.74. The van der Waals surface area contributed by atoms with E-state index in [0.717, 1.165) is 42.7 Å². The summed E-state index contributed by atoms with van der Waals surface area (Å²) in [6, 6.07) is 6.40. The first-order chi connectivity index (χ1) is 12.8. The molecule has 0 rings (SSSR count). The summed E-state index contributed by atoms with van der Waals surface area (Å²) >= 11 is 0. The molecule has 0 aromatic heterocycles. The Bertz CT molecular complexity index is 437. The summed E-state index contributed by atoms with van der Waals surface area (Å²) in [6.07, 6.45) is 7.31. The molecule has 0 unspecified atom stereocenters. The minimum absolute atomic E-state index is 0.136. The molecule has 0 saturated heterocycles. The van der Waals surface area contributed by atoms with Crippen LogP contribution in [-0.4, -0.2) is 41.9 Å². The van der Waals surface area contributed by atoms with Gasteiger partial charge in [-0.15, -0.1) is 6.42 Å². The summed E-state index contributed by atoms with van der Waals surface area (Å²) in [4.78, 5) is 11.5. The van der Waals surface area contributed by atoms with Gasteiger partial charge in [-0.2, -0.15) is 0 Å². The summed E-state index contributed by atoms with van der Waals surface area (Å²) in [7, 11) is -2.24. The molecule has 0 saturated carbocycles. The number of ether oxygens (including phenoxy) is 1. The second-order valence-electron chi connectivity index (χ2n) is 7.32. The largest absolute Gasteiger partial charge is 0.469 e. The summed E-state index contributed by atoms with van der Waals surface area (Å²) in [5.74, 6) is 2.72. The number of hydrogen-bond acceptors (Lipinski definition) is 4. The first-order valence-electron chi connectivity index (χ1n) is 10.7. The molecule has 0 aliphatic heterocycles. The van der Waals surface area contributed by atoms with Crippen LogP contribution >= 0.6 is 0 Å². The SMILES string of the molecule is C#C[C@@H](O[Si](CC)(CC)CC)[C@H](CCCC(=O)OC)O[Si](CC)(CC)CC. The Labute approximate surface area is 170 Å². The molecule has 0 radical (unpaired) electrons. The van der Waals surface area contributed by atoms with Crippen molar-refractivity contribution in [2.45, 2.75) is 109 Å². The molecule has 2 atom stereocenters. The summed E-state index contributed by atoms with van der Waals surface area (Å²) in [6.45, 7) is 13.3. The Hall–Kier alpha value is -0.616. The minimum Gasteiger partial charge on any atom is -0.469 e. The van der Waals surface area contributed by atoms with Crippen LogP contribution in [0.4, 0.5) is 0 Å². The molecule has 0 spiro atoms. The Kier molecular flexibility index (Phi) is 13.2. The van der Waals surface area contributed by atoms with Gasteiger partial charge in [-0.25, -0.2) is 0 Å². The third-order valence-corrected chi connectivity index (χ3v) is 15.5. The summed E-state index contributed by atoms with van der Waals surface area (Å²) in [5, 5.41) is 0. The number of esters is 1. The van der Waals surface area contributed by atoms with Crippen molar-refractivity contribution in [3.05, 3.63) is 0 Å². The first-order valence-corrected chi connectivity index (χ1v) is 15.8. The molecular weight excluding hydrogens is 372 g/mol. The molecular formula is C21H42O4Si2. The highest BCUT2D eigenvalue weighted by Gasteiger charge is 2.38. The summed E-state index contributed by atoms with van der Waals surface area (Å²) < 4.78 is 18.2. The van der Waals surface area contributed by atoms with E-state index in [1.165, 1.54) is 7.11 Å². The monoisotopic (exact) mass is 414 g/mol. The molecule has 0 aliphatic carbocycles. The fourth-order valence-corrected chi connectivity index (χ4v) is 9.27. The van der Waals surface area contributed by atoms with Gasteiger partial charge >= 0.3 is 5.97 Å². The first kappa shape index (κ1) is 26.4. The zero-order valence-corrected chi connectivity index (χ0v) is 20.7. The number of hydrogen-bond donors (Lipinski definition) is 0. The lowest BCUT2D eigenvalue weighted by atomic mass is 10.1. The van der Waals surface area contributed by atoms with Crippen LogP contribution < -0.4 is 0 Å². The van der Waals surface area contributed by atoms with Crippen LogP contribution in [0, 0.1) is 12.3 Å². The van der Waals surface area contributed by atoms with Crippen molar-refractivity contribution >= 4 is 22.6 Å². The van der Waals surface area contributed by atoms with Crippen LogP contribution in [0.15, 0.2) is 0 Å². The topological polar surface area (TPSA) is 44.8 Å². The lowest BCUT2D eigenvalue weighted by molar-refractivity contribution is -0.140. The van der Waals surface area contributed by atoms with Gasteiger partial charge in [-0.1, -0.05) is 47.5 Å². The molecule has 0 N–H and O–H groups in total. The van der Waals surface area contributed by atoms with Gasteiger partial charge in [0.15, 0.2) is 16.6 Å². The van der Waals surface area contributed by atoms with Crippen LogP contribution in [0.3, 0.4) is 0 Å². The molecule has 0 aromatic carbocycles. The molecule has 27 heavy (non-hydrogen) atoms. The van der Waals surface area contributed by atoms with E-state index in [4.69, 9.17) is 20.0 Å². The average Bonchev–Trinajstić information content (AvgIpc) is 2.72. The van der Waals surface area contributed by atoms with Gasteiger partial charge in [0.1, 0.15) is 6.10 Å². The molecule has 4 nitrogen and oxygen atoms in total. The van der Waals surface area contributed by atoms with Gasteiger partial charge in [0.05, 0.1) is 13.2 Å². The highest BCUT2D eigenvalue weighted by atomic mass is 28.4. The maximum Gasteiger partial charge on any atom is 0.305 e. The van der Waals surface area contributed by atoms with E-state index in [0.29, 0.717) is 12.8 Å². The lowest BCUT2D eigenvalue weighted by Gasteiger charge is -2.39. The Balaban J connectivity index is 5.49. The smallest absolute Gasteiger partial charge is 0.305 e. The summed E-state index contributed by atoms with van der Waals surface area (Å²) in [5.41, 5.74) is 0. The third-order valence-electron chi connectivity index (χ3n) is 6.24. The normalized spacial score (nSPS) is 14.4. The predicted molar refractivity (Wildman–Crippen MR) is 119 cm³/mol. The number of rotatable bonds is 15. The molecule has 0 amide bonds. The molecule has 0 fully saturated rings. The Morgan fingerprint density at radius 2 is 1.33 bits per heavy atom. The van der Waals surface area contributed by atoms with Gasteiger partial charge in [-0.05, 0) is 49.1 Å². The highest BCUT2D eigenvalue weighted by Crippen LogP contribution is 2.30. The van der Waals surface area contributed by atoms with Gasteiger partial charge in [0, 0.05) is 6.42 Å². The Morgan fingerprint density at radius 3 is 1.70 bits per heavy atom. The molecule has 0 heterocycles. The van der Waals surface area contributed by atoms with Crippen molar-refractivity contribution < 1.29 is 18.4 Å². The van der Waals surface area contributed by atoms with Crippen molar-refractivity contribution in [1.82, 2.24) is 0 Å². The standard InChI is InChI=1S/C21H42O4Si2/c1-9-19(24-26(10-2,11-3)12-4)20(17-16-18-21(22)23-8)25-27(13-5,14-6)15-7/h1,19-20H,10-18H2,2-8H3/t19-,20+/m1/s1. The maximum absolute atomic E-state index is 11.5. The van der Waals surface area contributed by atoms with Crippen LogP contribution in [0.1, 0.15) is 60.8 Å². The van der Waals surface area contributed by atoms with Crippen molar-refractivity contribution in [1.29, 1.82) is 0 Å². The molecule has 0 aliphatic rings. The third kappa shape index (κ3) is 8.10. The van der Waals surface area contributed by atoms with Gasteiger partial charge < -0.3 is 13.6 Å². The van der Waals surface area contributed by atoms with E-state index in [1.54, 1.807) is 0 Å². The number of methoxy groups -OCH3 is 1. The van der Waals surface area contributed by atoms with E-state index in [9.17, 15) is 4.79 Å². The van der Waals surface area contributed by atoms with E-state index < -0.39 is 16.6 Å². The van der Waals surface area contributed by atoms with Crippen molar-refractivity contribution in [3.63, 3.8) is 0 Å². The maximum atomic E-state index is 11.5. The van der Waals surface area contributed by atoms with E-state index in [-0.39, 0.29) is 18.2 Å². The van der Waals surface area contributed by atoms with Gasteiger partial charge in [-0.3, -0.25) is 4.79 Å². The van der Waals surface area contributed by atoms with E-state index >= 15 is 0 Å². The van der Waals surface area contributed by atoms with Crippen LogP contribution in [0.25, 0.3) is 0 Å². The zero-order chi connectivity index (χ0) is 20.9. The molecule has 0 aromatic rings. The number of carbonyl (C=O) groups excluding carboxylic acids is 1. The van der Waals surface area contributed by atoms with Gasteiger partial charge in [0.25, 0.3) is 0 Å². The fraction of sp³-hybridized carbons (Fsp3) is 0.857. The molecule has 158 valence electrons. The van der Waals surface area contributed by atoms with Crippen LogP contribution in [0.2, 0.25) is 36.3 Å². The molecule has 6 heteroatoms. The number of carbonyl (C=O) groups is 1. The second-order valence-corrected chi connectivity index (χ2v) is 16.8. The quantitative estimate of drug-likeness (QED) is 0.195. The fourth-order valence-electron chi connectivity index (χ4n) is 3.63. The van der Waals surface area contributed by atoms with Crippen LogP contribution in [-0.2, 0) is 18.4 Å². The minimum atomic E-state index is -1.84. The lowest BCUT2D eigenvalue weighted by Crippen LogP contribution is -2.49. The molecule has 0 bridgehead atoms. The average molecular weight is 415 g/mol. The van der Waals surface area contributed by atoms with E-state index in [2.05, 4.69) is 47.5 Å². The van der Waals surface area contributed by atoms with Crippen LogP contribution in [0.5, 0.6) is 0 Å². The number of terminal acetylenes is 1. The van der Waals surface area contributed by atoms with Crippen molar-refractivity contribution in [2.24, 2.45) is 0 Å². The van der Waals surface area contributed by atoms with Crippen molar-refractivity contribution in [2.75, 3.05) is 7.11 Å². The zero-order valence-electron chi connectivity index (χ0n) is 18.7. The van der Waals surface area contributed by atoms with Gasteiger partial charge in [0.2, 0.25) is 0 Å². The van der Waals surface area contributed by atoms with E-state index in [1.807, 2.05) is 0 Å². The Morgan fingerprint density at radius 1 is 0.889 bits per heavy atom. The highest BCUT2D eigenvalue weighted by molar-refractivity contribution is 6.74.